The van der Waals surface area contributed by atoms with Gasteiger partial charge in [-0.1, -0.05) is 41.7 Å². The van der Waals surface area contributed by atoms with Gasteiger partial charge in [-0.2, -0.15) is 0 Å². The Bertz CT molecular complexity index is 949. The average Bonchev–Trinajstić information content (AvgIpc) is 3.24. The number of hydrogen-bond acceptors (Lipinski definition) is 8. The number of nitrogens with zero attached hydrogens (tertiary/aromatic N) is 2. The Morgan fingerprint density at radius 1 is 1.18 bits per heavy atom. The van der Waals surface area contributed by atoms with Crippen LogP contribution in [-0.2, 0) is 26.4 Å². The molecule has 0 radical (unpaired) electrons. The fourth-order valence-corrected chi connectivity index (χ4v) is 4.78. The number of carbonyl (C=O) groups is 2. The summed E-state index contributed by atoms with van der Waals surface area (Å²) in [7, 11) is 1.59. The van der Waals surface area contributed by atoms with Crippen molar-refractivity contribution in [1.29, 1.82) is 0 Å². The summed E-state index contributed by atoms with van der Waals surface area (Å²) >= 11 is 1.28. The van der Waals surface area contributed by atoms with Crippen molar-refractivity contribution in [2.75, 3.05) is 31.6 Å². The van der Waals surface area contributed by atoms with E-state index in [1.165, 1.54) is 16.2 Å². The highest BCUT2D eigenvalue weighted by atomic mass is 32.1. The molecule has 0 unspecified atom stereocenters. The van der Waals surface area contributed by atoms with Gasteiger partial charge in [0.2, 0.25) is 0 Å². The van der Waals surface area contributed by atoms with Crippen LogP contribution in [-0.4, -0.2) is 49.4 Å². The first-order chi connectivity index (χ1) is 15.6. The molecule has 1 aromatic carbocycles. The first-order valence-corrected chi connectivity index (χ1v) is 12.0. The molecular weight excluding hydrogens is 442 g/mol. The van der Waals surface area contributed by atoms with E-state index in [1.807, 2.05) is 30.3 Å². The van der Waals surface area contributed by atoms with E-state index in [2.05, 4.69) is 10.3 Å². The lowest BCUT2D eigenvalue weighted by molar-refractivity contribution is -0.0801. The number of aromatic nitrogens is 1. The molecule has 0 bridgehead atoms. The van der Waals surface area contributed by atoms with E-state index in [4.69, 9.17) is 14.2 Å². The first-order valence-electron chi connectivity index (χ1n) is 11.2. The molecule has 1 saturated heterocycles. The van der Waals surface area contributed by atoms with E-state index in [-0.39, 0.29) is 12.3 Å². The lowest BCUT2D eigenvalue weighted by Gasteiger charge is -2.37. The number of piperidine rings is 1. The van der Waals surface area contributed by atoms with Crippen molar-refractivity contribution in [3.8, 4) is 0 Å². The summed E-state index contributed by atoms with van der Waals surface area (Å²) in [5, 5.41) is 3.72. The van der Waals surface area contributed by atoms with Gasteiger partial charge < -0.3 is 19.5 Å². The molecule has 9 heteroatoms. The maximum absolute atomic E-state index is 12.9. The lowest BCUT2D eigenvalue weighted by atomic mass is 9.89. The van der Waals surface area contributed by atoms with Crippen molar-refractivity contribution >= 4 is 28.5 Å². The van der Waals surface area contributed by atoms with Crippen molar-refractivity contribution in [3.05, 3.63) is 46.5 Å². The fourth-order valence-electron chi connectivity index (χ4n) is 3.57. The first kappa shape index (κ1) is 25.1. The third kappa shape index (κ3) is 6.31. The number of nitrogens with one attached hydrogen (secondary N) is 1. The van der Waals surface area contributed by atoms with Gasteiger partial charge in [-0.25, -0.2) is 14.6 Å². The second kappa shape index (κ2) is 10.6. The SMILES string of the molecule is CCOC(=O)c1nc(N(C)C(=O)OC(C)(C)C)sc1C1(OCc2ccccc2)CCNCC1. The molecule has 8 nitrogen and oxygen atoms in total. The smallest absolute Gasteiger partial charge is 0.416 e. The number of esters is 1. The highest BCUT2D eigenvalue weighted by Crippen LogP contribution is 2.43. The minimum Gasteiger partial charge on any atom is -0.461 e. The van der Waals surface area contributed by atoms with Gasteiger partial charge in [0.1, 0.15) is 11.2 Å². The standard InChI is InChI=1S/C24H33N3O5S/c1-6-30-20(28)18-19(33-21(26-18)27(5)22(29)32-23(2,3)4)24(12-14-25-15-13-24)31-16-17-10-8-7-9-11-17/h7-11,25H,6,12-16H2,1-5H3. The Labute approximate surface area is 199 Å². The second-order valence-electron chi connectivity index (χ2n) is 8.95. The van der Waals surface area contributed by atoms with Crippen LogP contribution in [0, 0.1) is 0 Å². The summed E-state index contributed by atoms with van der Waals surface area (Å²) in [6, 6.07) is 9.92. The number of rotatable bonds is 7. The van der Waals surface area contributed by atoms with Crippen LogP contribution in [0.3, 0.4) is 0 Å². The molecule has 1 aliphatic heterocycles. The molecule has 1 fully saturated rings. The summed E-state index contributed by atoms with van der Waals surface area (Å²) in [4.78, 5) is 32.1. The van der Waals surface area contributed by atoms with E-state index < -0.39 is 23.3 Å². The van der Waals surface area contributed by atoms with E-state index in [0.29, 0.717) is 29.5 Å². The quantitative estimate of drug-likeness (QED) is 0.590. The summed E-state index contributed by atoms with van der Waals surface area (Å²) in [6.45, 7) is 9.28. The van der Waals surface area contributed by atoms with Crippen molar-refractivity contribution in [2.45, 2.75) is 58.3 Å². The third-order valence-corrected chi connectivity index (χ3v) is 6.54. The number of anilines is 1. The van der Waals surface area contributed by atoms with Gasteiger partial charge in [-0.15, -0.1) is 0 Å². The third-order valence-electron chi connectivity index (χ3n) is 5.22. The Balaban J connectivity index is 1.99. The van der Waals surface area contributed by atoms with Crippen molar-refractivity contribution < 1.29 is 23.8 Å². The predicted molar refractivity (Wildman–Crippen MR) is 128 cm³/mol. The molecule has 1 N–H and O–H groups in total. The largest absolute Gasteiger partial charge is 0.461 e. The van der Waals surface area contributed by atoms with E-state index in [0.717, 1.165) is 18.7 Å². The molecule has 1 aromatic heterocycles. The molecule has 2 heterocycles. The van der Waals surface area contributed by atoms with Crippen molar-refractivity contribution in [3.63, 3.8) is 0 Å². The van der Waals surface area contributed by atoms with Crippen LogP contribution in [0.1, 0.15) is 61.5 Å². The number of carbonyl (C=O) groups excluding carboxylic acids is 2. The highest BCUT2D eigenvalue weighted by molar-refractivity contribution is 7.16. The predicted octanol–water partition coefficient (Wildman–Crippen LogP) is 4.49. The maximum atomic E-state index is 12.9. The van der Waals surface area contributed by atoms with Crippen LogP contribution in [0.25, 0.3) is 0 Å². The minimum atomic E-state index is -0.714. The van der Waals surface area contributed by atoms with E-state index >= 15 is 0 Å². The van der Waals surface area contributed by atoms with Crippen LogP contribution in [0.15, 0.2) is 30.3 Å². The fraction of sp³-hybridized carbons (Fsp3) is 0.542. The minimum absolute atomic E-state index is 0.197. The topological polar surface area (TPSA) is 90.0 Å². The number of benzene rings is 1. The molecule has 0 spiro atoms. The van der Waals surface area contributed by atoms with Gasteiger partial charge in [0, 0.05) is 7.05 Å². The zero-order chi connectivity index (χ0) is 24.1. The molecule has 33 heavy (non-hydrogen) atoms. The Kier molecular flexibility index (Phi) is 8.10. The highest BCUT2D eigenvalue weighted by Gasteiger charge is 2.42. The molecule has 2 aromatic rings. The lowest BCUT2D eigenvalue weighted by Crippen LogP contribution is -2.42. The molecule has 0 atom stereocenters. The maximum Gasteiger partial charge on any atom is 0.416 e. The molecular formula is C24H33N3O5S. The molecule has 1 amide bonds. The van der Waals surface area contributed by atoms with Crippen LogP contribution < -0.4 is 10.2 Å². The van der Waals surface area contributed by atoms with Crippen molar-refractivity contribution in [2.24, 2.45) is 0 Å². The van der Waals surface area contributed by atoms with Gasteiger partial charge in [0.05, 0.1) is 18.1 Å². The Morgan fingerprint density at radius 2 is 1.85 bits per heavy atom. The zero-order valence-electron chi connectivity index (χ0n) is 20.0. The Morgan fingerprint density at radius 3 is 2.45 bits per heavy atom. The monoisotopic (exact) mass is 475 g/mol. The molecule has 3 rings (SSSR count). The van der Waals surface area contributed by atoms with E-state index in [1.54, 1.807) is 34.7 Å². The summed E-state index contributed by atoms with van der Waals surface area (Å²) in [5.41, 5.74) is -0.121. The average molecular weight is 476 g/mol. The van der Waals surface area contributed by atoms with Crippen LogP contribution in [0.5, 0.6) is 0 Å². The summed E-state index contributed by atoms with van der Waals surface area (Å²) in [6.07, 6.45) is 0.802. The zero-order valence-corrected chi connectivity index (χ0v) is 20.8. The van der Waals surface area contributed by atoms with Gasteiger partial charge in [-0.05, 0) is 59.2 Å². The van der Waals surface area contributed by atoms with Gasteiger partial charge in [0.25, 0.3) is 0 Å². The molecule has 0 aliphatic carbocycles. The second-order valence-corrected chi connectivity index (χ2v) is 9.93. The van der Waals surface area contributed by atoms with Gasteiger partial charge in [-0.3, -0.25) is 4.90 Å². The number of ether oxygens (including phenoxy) is 3. The number of amides is 1. The van der Waals surface area contributed by atoms with Gasteiger partial charge >= 0.3 is 12.1 Å². The summed E-state index contributed by atoms with van der Waals surface area (Å²) in [5.74, 6) is -0.520. The normalized spacial score (nSPS) is 15.7. The van der Waals surface area contributed by atoms with E-state index in [9.17, 15) is 9.59 Å². The molecule has 180 valence electrons. The van der Waals surface area contributed by atoms with Crippen LogP contribution in [0.4, 0.5) is 9.93 Å². The molecule has 0 saturated carbocycles. The van der Waals surface area contributed by atoms with Crippen LogP contribution >= 0.6 is 11.3 Å². The summed E-state index contributed by atoms with van der Waals surface area (Å²) < 4.78 is 17.3. The number of thiazole rings is 1. The van der Waals surface area contributed by atoms with Crippen LogP contribution in [0.2, 0.25) is 0 Å². The van der Waals surface area contributed by atoms with Crippen molar-refractivity contribution in [1.82, 2.24) is 10.3 Å². The number of hydrogen-bond donors (Lipinski definition) is 1. The van der Waals surface area contributed by atoms with Gasteiger partial charge in [0.15, 0.2) is 10.8 Å². The Hall–Kier alpha value is -2.49. The molecule has 1 aliphatic rings.